The van der Waals surface area contributed by atoms with Crippen LogP contribution >= 0.6 is 15.9 Å². The van der Waals surface area contributed by atoms with Crippen molar-refractivity contribution in [2.24, 2.45) is 0 Å². The van der Waals surface area contributed by atoms with Crippen molar-refractivity contribution in [2.75, 3.05) is 5.32 Å². The second-order valence-electron chi connectivity index (χ2n) is 3.48. The van der Waals surface area contributed by atoms with Crippen LogP contribution in [0.1, 0.15) is 5.76 Å². The van der Waals surface area contributed by atoms with Gasteiger partial charge in [-0.2, -0.15) is 5.10 Å². The molecule has 0 aliphatic carbocycles. The predicted molar refractivity (Wildman–Crippen MR) is 70.2 cm³/mol. The molecule has 0 saturated carbocycles. The minimum Gasteiger partial charge on any atom is -0.375 e. The van der Waals surface area contributed by atoms with Gasteiger partial charge in [0.15, 0.2) is 5.76 Å². The topological polar surface area (TPSA) is 73.0 Å². The molecule has 0 aliphatic heterocycles. The zero-order chi connectivity index (χ0) is 13.0. The minimum atomic E-state index is -0.211. The second kappa shape index (κ2) is 5.63. The summed E-state index contributed by atoms with van der Waals surface area (Å²) in [5.41, 5.74) is 0.397. The van der Waals surface area contributed by atoms with Gasteiger partial charge < -0.3 is 9.84 Å². The number of allylic oxidation sites excluding steroid dienone is 1. The highest BCUT2D eigenvalue weighted by Gasteiger charge is 2.08. The van der Waals surface area contributed by atoms with Gasteiger partial charge in [-0.3, -0.25) is 4.79 Å². The van der Waals surface area contributed by atoms with E-state index in [1.807, 2.05) is 0 Å². The molecule has 0 atom stereocenters. The number of rotatable bonds is 5. The Morgan fingerprint density at radius 1 is 1.61 bits per heavy atom. The maximum Gasteiger partial charge on any atom is 0.283 e. The van der Waals surface area contributed by atoms with Crippen molar-refractivity contribution in [3.05, 3.63) is 51.7 Å². The van der Waals surface area contributed by atoms with Crippen LogP contribution in [0.2, 0.25) is 0 Å². The normalized spacial score (nSPS) is 10.3. The molecular weight excluding hydrogens is 300 g/mol. The van der Waals surface area contributed by atoms with E-state index in [9.17, 15) is 4.79 Å². The first-order valence-electron chi connectivity index (χ1n) is 5.22. The van der Waals surface area contributed by atoms with Crippen LogP contribution in [0.15, 0.2) is 44.9 Å². The third kappa shape index (κ3) is 2.67. The molecule has 6 nitrogen and oxygen atoms in total. The van der Waals surface area contributed by atoms with E-state index in [2.05, 4.69) is 38.1 Å². The first kappa shape index (κ1) is 12.6. The van der Waals surface area contributed by atoms with Crippen molar-refractivity contribution < 1.29 is 4.52 Å². The molecule has 0 saturated heterocycles. The Balaban J connectivity index is 2.16. The Morgan fingerprint density at radius 3 is 3.11 bits per heavy atom. The molecule has 7 heteroatoms. The van der Waals surface area contributed by atoms with Gasteiger partial charge in [-0.15, -0.1) is 6.58 Å². The molecule has 0 fully saturated rings. The fraction of sp³-hybridized carbons (Fsp3) is 0.182. The zero-order valence-electron chi connectivity index (χ0n) is 9.47. The van der Waals surface area contributed by atoms with E-state index in [4.69, 9.17) is 4.52 Å². The summed E-state index contributed by atoms with van der Waals surface area (Å²) in [4.78, 5) is 11.9. The number of hydrogen-bond acceptors (Lipinski definition) is 5. The van der Waals surface area contributed by atoms with Gasteiger partial charge in [0.1, 0.15) is 4.47 Å². The number of anilines is 1. The quantitative estimate of drug-likeness (QED) is 0.852. The standard InChI is InChI=1S/C11H11BrN4O2/c1-2-5-16-11(17)10(12)9(7-14-16)13-6-8-3-4-15-18-8/h2-4,7,13H,1,5-6H2. The van der Waals surface area contributed by atoms with Crippen molar-refractivity contribution in [1.29, 1.82) is 0 Å². The van der Waals surface area contributed by atoms with E-state index >= 15 is 0 Å². The Bertz CT molecular complexity index is 592. The van der Waals surface area contributed by atoms with Gasteiger partial charge >= 0.3 is 0 Å². The van der Waals surface area contributed by atoms with Crippen LogP contribution in [-0.2, 0) is 13.1 Å². The van der Waals surface area contributed by atoms with Crippen LogP contribution in [0.25, 0.3) is 0 Å². The molecule has 0 aliphatic rings. The van der Waals surface area contributed by atoms with E-state index in [1.165, 1.54) is 4.68 Å². The Hall–Kier alpha value is -1.89. The number of aromatic nitrogens is 3. The molecule has 0 radical (unpaired) electrons. The van der Waals surface area contributed by atoms with E-state index in [0.29, 0.717) is 29.0 Å². The Labute approximate surface area is 111 Å². The van der Waals surface area contributed by atoms with Crippen molar-refractivity contribution >= 4 is 21.6 Å². The maximum atomic E-state index is 11.9. The summed E-state index contributed by atoms with van der Waals surface area (Å²) in [6, 6.07) is 1.74. The molecule has 2 rings (SSSR count). The summed E-state index contributed by atoms with van der Waals surface area (Å²) in [5, 5.41) is 10.7. The predicted octanol–water partition coefficient (Wildman–Crippen LogP) is 1.79. The second-order valence-corrected chi connectivity index (χ2v) is 4.27. The number of halogens is 1. The molecule has 2 aromatic rings. The lowest BCUT2D eigenvalue weighted by molar-refractivity contribution is 0.388. The largest absolute Gasteiger partial charge is 0.375 e. The molecule has 0 spiro atoms. The molecule has 0 unspecified atom stereocenters. The molecular formula is C11H11BrN4O2. The Morgan fingerprint density at radius 2 is 2.44 bits per heavy atom. The van der Waals surface area contributed by atoms with Crippen molar-refractivity contribution in [3.63, 3.8) is 0 Å². The van der Waals surface area contributed by atoms with Crippen molar-refractivity contribution in [2.45, 2.75) is 13.1 Å². The average molecular weight is 311 g/mol. The maximum absolute atomic E-state index is 11.9. The third-order valence-corrected chi connectivity index (χ3v) is 3.00. The lowest BCUT2D eigenvalue weighted by atomic mass is 10.4. The van der Waals surface area contributed by atoms with E-state index in [1.54, 1.807) is 24.5 Å². The molecule has 2 aromatic heterocycles. The van der Waals surface area contributed by atoms with Crippen LogP contribution in [0.4, 0.5) is 5.69 Å². The SMILES string of the molecule is C=CCn1ncc(NCc2ccno2)c(Br)c1=O. The lowest BCUT2D eigenvalue weighted by Crippen LogP contribution is -2.23. The fourth-order valence-corrected chi connectivity index (χ4v) is 1.80. The van der Waals surface area contributed by atoms with Gasteiger partial charge in [-0.1, -0.05) is 11.2 Å². The van der Waals surface area contributed by atoms with Gasteiger partial charge in [-0.05, 0) is 15.9 Å². The van der Waals surface area contributed by atoms with Gasteiger partial charge in [0, 0.05) is 6.07 Å². The summed E-state index contributed by atoms with van der Waals surface area (Å²) in [6.07, 6.45) is 4.75. The van der Waals surface area contributed by atoms with Gasteiger partial charge in [0.2, 0.25) is 0 Å². The first-order chi connectivity index (χ1) is 8.72. The molecule has 94 valence electrons. The van der Waals surface area contributed by atoms with Gasteiger partial charge in [0.05, 0.1) is 31.2 Å². The van der Waals surface area contributed by atoms with Gasteiger partial charge in [-0.25, -0.2) is 4.68 Å². The van der Waals surface area contributed by atoms with E-state index in [0.717, 1.165) is 0 Å². The highest BCUT2D eigenvalue weighted by Crippen LogP contribution is 2.17. The highest BCUT2D eigenvalue weighted by molar-refractivity contribution is 9.10. The fourth-order valence-electron chi connectivity index (χ4n) is 1.36. The summed E-state index contributed by atoms with van der Waals surface area (Å²) >= 11 is 3.25. The lowest BCUT2D eigenvalue weighted by Gasteiger charge is -2.08. The van der Waals surface area contributed by atoms with E-state index < -0.39 is 0 Å². The zero-order valence-corrected chi connectivity index (χ0v) is 11.1. The molecule has 0 bridgehead atoms. The summed E-state index contributed by atoms with van der Waals surface area (Å²) in [5.74, 6) is 0.678. The summed E-state index contributed by atoms with van der Waals surface area (Å²) in [6.45, 7) is 4.38. The monoisotopic (exact) mass is 310 g/mol. The minimum absolute atomic E-state index is 0.211. The van der Waals surface area contributed by atoms with E-state index in [-0.39, 0.29) is 5.56 Å². The smallest absolute Gasteiger partial charge is 0.283 e. The number of nitrogens with zero attached hydrogens (tertiary/aromatic N) is 3. The van der Waals surface area contributed by atoms with Crippen molar-refractivity contribution in [1.82, 2.24) is 14.9 Å². The number of nitrogens with one attached hydrogen (secondary N) is 1. The molecule has 18 heavy (non-hydrogen) atoms. The van der Waals surface area contributed by atoms with Crippen LogP contribution in [0.5, 0.6) is 0 Å². The Kier molecular flexibility index (Phi) is 3.93. The molecule has 0 aromatic carbocycles. The van der Waals surface area contributed by atoms with Crippen LogP contribution in [0, 0.1) is 0 Å². The number of hydrogen-bond donors (Lipinski definition) is 1. The van der Waals surface area contributed by atoms with Crippen LogP contribution in [0.3, 0.4) is 0 Å². The first-order valence-corrected chi connectivity index (χ1v) is 6.01. The molecule has 0 amide bonds. The van der Waals surface area contributed by atoms with Crippen molar-refractivity contribution in [3.8, 4) is 0 Å². The molecule has 2 heterocycles. The highest BCUT2D eigenvalue weighted by atomic mass is 79.9. The average Bonchev–Trinajstić information content (AvgIpc) is 2.87. The molecule has 1 N–H and O–H groups in total. The summed E-state index contributed by atoms with van der Waals surface area (Å²) < 4.78 is 6.69. The van der Waals surface area contributed by atoms with Gasteiger partial charge in [0.25, 0.3) is 5.56 Å². The van der Waals surface area contributed by atoms with Crippen LogP contribution in [-0.4, -0.2) is 14.9 Å². The third-order valence-electron chi connectivity index (χ3n) is 2.23. The summed E-state index contributed by atoms with van der Waals surface area (Å²) in [7, 11) is 0. The van der Waals surface area contributed by atoms with Crippen LogP contribution < -0.4 is 10.9 Å².